The highest BCUT2D eigenvalue weighted by Gasteiger charge is 2.34. The summed E-state index contributed by atoms with van der Waals surface area (Å²) in [5, 5.41) is 9.47. The Morgan fingerprint density at radius 1 is 1.20 bits per heavy atom. The van der Waals surface area contributed by atoms with Crippen molar-refractivity contribution in [3.05, 3.63) is 52.1 Å². The highest BCUT2D eigenvalue weighted by molar-refractivity contribution is 7.13. The summed E-state index contributed by atoms with van der Waals surface area (Å²) in [5.41, 5.74) is 6.41. The molecular weight excluding hydrogens is 499 g/mol. The lowest BCUT2D eigenvalue weighted by molar-refractivity contribution is -0.140. The van der Waals surface area contributed by atoms with E-state index < -0.39 is 11.9 Å². The number of nitrogen functional groups attached to an aromatic ring is 1. The first-order valence-electron chi connectivity index (χ1n) is 11.3. The third-order valence-corrected chi connectivity index (χ3v) is 6.84. The van der Waals surface area contributed by atoms with Gasteiger partial charge in [0.2, 0.25) is 0 Å². The second kappa shape index (κ2) is 10.4. The Labute approximate surface area is 209 Å². The Hall–Kier alpha value is -2.85. The van der Waals surface area contributed by atoms with E-state index in [9.17, 15) is 18.0 Å². The van der Waals surface area contributed by atoms with E-state index in [-0.39, 0.29) is 23.5 Å². The zero-order chi connectivity index (χ0) is 25.2. The fourth-order valence-electron chi connectivity index (χ4n) is 4.26. The highest BCUT2D eigenvalue weighted by atomic mass is 35.5. The first-order valence-corrected chi connectivity index (χ1v) is 12.6. The Morgan fingerprint density at radius 3 is 2.54 bits per heavy atom. The zero-order valence-electron chi connectivity index (χ0n) is 19.0. The van der Waals surface area contributed by atoms with Gasteiger partial charge in [-0.15, -0.1) is 11.3 Å². The summed E-state index contributed by atoms with van der Waals surface area (Å²) >= 11 is 7.37. The van der Waals surface area contributed by atoms with Crippen LogP contribution in [0.15, 0.2) is 35.7 Å². The fourth-order valence-corrected chi connectivity index (χ4v) is 4.99. The fraction of sp³-hybridized carbons (Fsp3) is 0.375. The van der Waals surface area contributed by atoms with Gasteiger partial charge in [-0.05, 0) is 56.4 Å². The van der Waals surface area contributed by atoms with E-state index in [1.54, 1.807) is 11.4 Å². The molecule has 2 heterocycles. The number of pyridine rings is 1. The molecule has 3 aromatic rings. The minimum absolute atomic E-state index is 0.0360. The second-order valence-corrected chi connectivity index (χ2v) is 9.80. The monoisotopic (exact) mass is 523 g/mol. The molecule has 2 aromatic heterocycles. The standard InChI is InChI=1S/C24H25ClF3N5OS/c1-2-3-16(20-12-35-23(29)33-20)22(34)31-15-7-5-14(6-8-15)30-19-11-21(24(26,27)28)32-18-9-4-13(25)10-17(18)19/h3-4,9-12,14-15H,2,5-8H2,1H3,(H2,29,33)(H,30,32)(H,31,34). The van der Waals surface area contributed by atoms with Crippen molar-refractivity contribution >= 4 is 56.1 Å². The maximum Gasteiger partial charge on any atom is 0.433 e. The number of aromatic nitrogens is 2. The summed E-state index contributed by atoms with van der Waals surface area (Å²) in [7, 11) is 0. The normalized spacial score (nSPS) is 19.1. The predicted molar refractivity (Wildman–Crippen MR) is 134 cm³/mol. The average Bonchev–Trinajstić information content (AvgIpc) is 3.24. The molecular formula is C24H25ClF3N5OS. The molecule has 0 saturated heterocycles. The van der Waals surface area contributed by atoms with Crippen molar-refractivity contribution in [3.63, 3.8) is 0 Å². The van der Waals surface area contributed by atoms with Gasteiger partial charge in [0.15, 0.2) is 5.13 Å². The first kappa shape index (κ1) is 25.2. The zero-order valence-corrected chi connectivity index (χ0v) is 20.5. The van der Waals surface area contributed by atoms with Gasteiger partial charge >= 0.3 is 6.18 Å². The Kier molecular flexibility index (Phi) is 7.51. The van der Waals surface area contributed by atoms with Crippen LogP contribution in [0, 0.1) is 0 Å². The number of amides is 1. The van der Waals surface area contributed by atoms with Gasteiger partial charge in [-0.1, -0.05) is 24.6 Å². The molecule has 186 valence electrons. The van der Waals surface area contributed by atoms with Gasteiger partial charge in [-0.2, -0.15) is 13.2 Å². The highest BCUT2D eigenvalue weighted by Crippen LogP contribution is 2.35. The number of carbonyl (C=O) groups is 1. The Bertz CT molecular complexity index is 1250. The van der Waals surface area contributed by atoms with Crippen LogP contribution < -0.4 is 16.4 Å². The van der Waals surface area contributed by atoms with Crippen molar-refractivity contribution in [2.24, 2.45) is 0 Å². The van der Waals surface area contributed by atoms with Crippen molar-refractivity contribution in [1.82, 2.24) is 15.3 Å². The van der Waals surface area contributed by atoms with Crippen molar-refractivity contribution < 1.29 is 18.0 Å². The van der Waals surface area contributed by atoms with E-state index in [1.165, 1.54) is 23.5 Å². The van der Waals surface area contributed by atoms with E-state index >= 15 is 0 Å². The SMILES string of the molecule is CCC=C(C(=O)NC1CCC(Nc2cc(C(F)(F)F)nc3ccc(Cl)cc23)CC1)c1csc(N)n1. The lowest BCUT2D eigenvalue weighted by atomic mass is 9.90. The van der Waals surface area contributed by atoms with E-state index in [2.05, 4.69) is 20.6 Å². The van der Waals surface area contributed by atoms with Crippen LogP contribution in [0.3, 0.4) is 0 Å². The van der Waals surface area contributed by atoms with E-state index in [4.69, 9.17) is 17.3 Å². The average molecular weight is 524 g/mol. The van der Waals surface area contributed by atoms with Crippen LogP contribution in [0.5, 0.6) is 0 Å². The molecule has 4 rings (SSSR count). The molecule has 1 amide bonds. The predicted octanol–water partition coefficient (Wildman–Crippen LogP) is 6.28. The van der Waals surface area contributed by atoms with Gasteiger partial charge in [0, 0.05) is 33.6 Å². The smallest absolute Gasteiger partial charge is 0.382 e. The van der Waals surface area contributed by atoms with E-state index in [1.807, 2.05) is 13.0 Å². The number of fused-ring (bicyclic) bond motifs is 1. The minimum atomic E-state index is -4.56. The van der Waals surface area contributed by atoms with Gasteiger partial charge in [-0.3, -0.25) is 4.79 Å². The van der Waals surface area contributed by atoms with Crippen molar-refractivity contribution in [1.29, 1.82) is 0 Å². The second-order valence-electron chi connectivity index (χ2n) is 8.48. The lowest BCUT2D eigenvalue weighted by Crippen LogP contribution is -2.40. The molecule has 0 unspecified atom stereocenters. The van der Waals surface area contributed by atoms with E-state index in [0.29, 0.717) is 64.6 Å². The van der Waals surface area contributed by atoms with Gasteiger partial charge in [-0.25, -0.2) is 9.97 Å². The quantitative estimate of drug-likeness (QED) is 0.331. The number of nitrogens with one attached hydrogen (secondary N) is 2. The summed E-state index contributed by atoms with van der Waals surface area (Å²) in [5.74, 6) is -0.196. The van der Waals surface area contributed by atoms with Crippen LogP contribution in [-0.2, 0) is 11.0 Å². The number of thiazole rings is 1. The number of hydrogen-bond acceptors (Lipinski definition) is 6. The molecule has 1 aliphatic rings. The molecule has 0 atom stereocenters. The summed E-state index contributed by atoms with van der Waals surface area (Å²) < 4.78 is 40.2. The van der Waals surface area contributed by atoms with Crippen LogP contribution in [-0.4, -0.2) is 28.0 Å². The van der Waals surface area contributed by atoms with Crippen LogP contribution in [0.1, 0.15) is 50.4 Å². The molecule has 0 aliphatic heterocycles. The van der Waals surface area contributed by atoms with Crippen molar-refractivity contribution in [2.75, 3.05) is 11.1 Å². The number of alkyl halides is 3. The summed E-state index contributed by atoms with van der Waals surface area (Å²) in [4.78, 5) is 20.9. The maximum absolute atomic E-state index is 13.4. The number of anilines is 2. The number of rotatable bonds is 6. The van der Waals surface area contributed by atoms with Gasteiger partial charge in [0.25, 0.3) is 5.91 Å². The summed E-state index contributed by atoms with van der Waals surface area (Å²) in [6.07, 6.45) is 0.712. The van der Waals surface area contributed by atoms with Crippen molar-refractivity contribution in [3.8, 4) is 0 Å². The van der Waals surface area contributed by atoms with Crippen LogP contribution in [0.4, 0.5) is 24.0 Å². The molecule has 4 N–H and O–H groups in total. The largest absolute Gasteiger partial charge is 0.433 e. The number of hydrogen-bond donors (Lipinski definition) is 3. The lowest BCUT2D eigenvalue weighted by Gasteiger charge is -2.31. The summed E-state index contributed by atoms with van der Waals surface area (Å²) in [6, 6.07) is 5.58. The number of nitrogens with zero attached hydrogens (tertiary/aromatic N) is 2. The molecule has 1 aromatic carbocycles. The van der Waals surface area contributed by atoms with Gasteiger partial charge in [0.1, 0.15) is 5.69 Å². The first-order chi connectivity index (χ1) is 16.6. The number of carbonyl (C=O) groups excluding carboxylic acids is 1. The number of halogens is 4. The number of benzene rings is 1. The molecule has 1 fully saturated rings. The molecule has 1 saturated carbocycles. The molecule has 6 nitrogen and oxygen atoms in total. The molecule has 0 bridgehead atoms. The molecule has 11 heteroatoms. The molecule has 1 aliphatic carbocycles. The maximum atomic E-state index is 13.4. The number of allylic oxidation sites excluding steroid dienone is 1. The summed E-state index contributed by atoms with van der Waals surface area (Å²) in [6.45, 7) is 1.94. The topological polar surface area (TPSA) is 92.9 Å². The van der Waals surface area contributed by atoms with Gasteiger partial charge < -0.3 is 16.4 Å². The van der Waals surface area contributed by atoms with Crippen LogP contribution in [0.2, 0.25) is 5.02 Å². The third-order valence-electron chi connectivity index (χ3n) is 5.93. The van der Waals surface area contributed by atoms with Crippen molar-refractivity contribution in [2.45, 2.75) is 57.3 Å². The molecule has 0 spiro atoms. The van der Waals surface area contributed by atoms with Crippen LogP contribution in [0.25, 0.3) is 16.5 Å². The van der Waals surface area contributed by atoms with E-state index in [0.717, 1.165) is 6.07 Å². The molecule has 35 heavy (non-hydrogen) atoms. The molecule has 0 radical (unpaired) electrons. The Balaban J connectivity index is 1.43. The van der Waals surface area contributed by atoms with Gasteiger partial charge in [0.05, 0.1) is 16.8 Å². The Morgan fingerprint density at radius 2 is 1.91 bits per heavy atom. The van der Waals surface area contributed by atoms with Crippen LogP contribution >= 0.6 is 22.9 Å². The number of nitrogens with two attached hydrogens (primary N) is 1. The third kappa shape index (κ3) is 6.05. The minimum Gasteiger partial charge on any atom is -0.382 e.